The topological polar surface area (TPSA) is 93.9 Å². The molecule has 1 aliphatic rings. The van der Waals surface area contributed by atoms with Crippen LogP contribution in [0.3, 0.4) is 0 Å². The van der Waals surface area contributed by atoms with Crippen molar-refractivity contribution in [1.82, 2.24) is 33.7 Å². The molecule has 0 radical (unpaired) electrons. The van der Waals surface area contributed by atoms with E-state index in [0.717, 1.165) is 47.1 Å². The fourth-order valence-electron chi connectivity index (χ4n) is 4.67. The summed E-state index contributed by atoms with van der Waals surface area (Å²) < 4.78 is 19.0. The minimum atomic E-state index is -1.26. The second-order valence-electron chi connectivity index (χ2n) is 13.5. The van der Waals surface area contributed by atoms with Crippen LogP contribution in [-0.2, 0) is 30.0 Å². The second-order valence-corrected chi connectivity index (χ2v) is 25.0. The highest BCUT2D eigenvalue weighted by atomic mass is 35.5. The first-order valence-electron chi connectivity index (χ1n) is 14.4. The molecule has 0 amide bonds. The predicted molar refractivity (Wildman–Crippen MR) is 169 cm³/mol. The highest BCUT2D eigenvalue weighted by Crippen LogP contribution is 2.40. The van der Waals surface area contributed by atoms with Gasteiger partial charge in [-0.3, -0.25) is 13.8 Å². The van der Waals surface area contributed by atoms with E-state index in [4.69, 9.17) is 31.2 Å². The molecule has 1 saturated carbocycles. The van der Waals surface area contributed by atoms with Crippen molar-refractivity contribution in [2.24, 2.45) is 7.05 Å². The van der Waals surface area contributed by atoms with Gasteiger partial charge in [-0.1, -0.05) is 51.4 Å². The Morgan fingerprint density at radius 1 is 1.00 bits per heavy atom. The van der Waals surface area contributed by atoms with Gasteiger partial charge in [0.2, 0.25) is 5.28 Å². The Kier molecular flexibility index (Phi) is 8.50. The molecule has 1 fully saturated rings. The van der Waals surface area contributed by atoms with Crippen LogP contribution in [0.1, 0.15) is 18.9 Å². The Balaban J connectivity index is 1.56. The van der Waals surface area contributed by atoms with Crippen LogP contribution in [0.15, 0.2) is 29.2 Å². The Labute approximate surface area is 248 Å². The van der Waals surface area contributed by atoms with Crippen molar-refractivity contribution in [3.63, 3.8) is 0 Å². The first-order chi connectivity index (χ1) is 19.3. The number of hydrogen-bond acceptors (Lipinski definition) is 6. The summed E-state index contributed by atoms with van der Waals surface area (Å²) in [5.41, 5.74) is 3.04. The minimum absolute atomic E-state index is 0.0950. The van der Waals surface area contributed by atoms with E-state index in [0.29, 0.717) is 30.0 Å². The number of imidazole rings is 1. The van der Waals surface area contributed by atoms with Gasteiger partial charge in [0, 0.05) is 53.4 Å². The Morgan fingerprint density at radius 3 is 2.29 bits per heavy atom. The van der Waals surface area contributed by atoms with Gasteiger partial charge in [0.1, 0.15) is 19.2 Å². The molecule has 1 aliphatic carbocycles. The van der Waals surface area contributed by atoms with Crippen LogP contribution in [0.25, 0.3) is 33.7 Å². The molecule has 5 rings (SSSR count). The SMILES string of the molecule is Cn1ncc2ccc(-c3c(-c4nn(COCC[Si](C)(C)C)c(=O)n4C4CC4)nc(Cl)n3COCC[Si](C)(C)C)cc21. The molecule has 13 heteroatoms. The lowest BCUT2D eigenvalue weighted by molar-refractivity contribution is 0.0756. The lowest BCUT2D eigenvalue weighted by atomic mass is 10.1. The summed E-state index contributed by atoms with van der Waals surface area (Å²) in [6, 6.07) is 8.32. The lowest BCUT2D eigenvalue weighted by Crippen LogP contribution is -2.27. The fourth-order valence-corrected chi connectivity index (χ4v) is 6.41. The van der Waals surface area contributed by atoms with Crippen LogP contribution >= 0.6 is 11.6 Å². The number of nitrogens with zero attached hydrogens (tertiary/aromatic N) is 7. The number of halogens is 1. The van der Waals surface area contributed by atoms with Crippen molar-refractivity contribution in [2.75, 3.05) is 13.2 Å². The lowest BCUT2D eigenvalue weighted by Gasteiger charge is -2.17. The van der Waals surface area contributed by atoms with Crippen molar-refractivity contribution in [3.05, 3.63) is 40.2 Å². The third-order valence-electron chi connectivity index (χ3n) is 7.36. The molecule has 3 heterocycles. The molecule has 0 aliphatic heterocycles. The molecule has 0 bridgehead atoms. The number of aromatic nitrogens is 7. The van der Waals surface area contributed by atoms with Gasteiger partial charge in [0.25, 0.3) is 0 Å². The summed E-state index contributed by atoms with van der Waals surface area (Å²) in [6.07, 6.45) is 3.71. The monoisotopic (exact) mass is 615 g/mol. The largest absolute Gasteiger partial charge is 0.361 e. The molecule has 0 unspecified atom stereocenters. The first-order valence-corrected chi connectivity index (χ1v) is 22.1. The van der Waals surface area contributed by atoms with Crippen molar-refractivity contribution in [1.29, 1.82) is 0 Å². The molecule has 222 valence electrons. The van der Waals surface area contributed by atoms with Gasteiger partial charge in [-0.15, -0.1) is 5.10 Å². The molecular weight excluding hydrogens is 574 g/mol. The van der Waals surface area contributed by atoms with Crippen molar-refractivity contribution >= 4 is 38.7 Å². The quantitative estimate of drug-likeness (QED) is 0.134. The van der Waals surface area contributed by atoms with Gasteiger partial charge in [0.05, 0.1) is 17.4 Å². The van der Waals surface area contributed by atoms with Crippen LogP contribution < -0.4 is 5.69 Å². The third-order valence-corrected chi connectivity index (χ3v) is 11.1. The van der Waals surface area contributed by atoms with Crippen molar-refractivity contribution < 1.29 is 9.47 Å². The van der Waals surface area contributed by atoms with E-state index in [9.17, 15) is 4.79 Å². The Morgan fingerprint density at radius 2 is 1.66 bits per heavy atom. The maximum atomic E-state index is 13.6. The molecule has 41 heavy (non-hydrogen) atoms. The molecule has 0 saturated heterocycles. The van der Waals surface area contributed by atoms with E-state index in [1.165, 1.54) is 4.68 Å². The average Bonchev–Trinajstić information content (AvgIpc) is 3.47. The van der Waals surface area contributed by atoms with E-state index < -0.39 is 16.1 Å². The van der Waals surface area contributed by atoms with Gasteiger partial charge in [0.15, 0.2) is 5.82 Å². The molecule has 0 N–H and O–H groups in total. The predicted octanol–water partition coefficient (Wildman–Crippen LogP) is 6.07. The molecule has 0 atom stereocenters. The highest BCUT2D eigenvalue weighted by molar-refractivity contribution is 6.76. The molecule has 1 aromatic carbocycles. The number of benzene rings is 1. The highest BCUT2D eigenvalue weighted by Gasteiger charge is 2.33. The third kappa shape index (κ3) is 6.94. The fraction of sp³-hybridized carbons (Fsp3) is 0.571. The van der Waals surface area contributed by atoms with E-state index >= 15 is 0 Å². The molecule has 4 aromatic rings. The number of fused-ring (bicyclic) bond motifs is 1. The van der Waals surface area contributed by atoms with E-state index in [2.05, 4.69) is 50.4 Å². The van der Waals surface area contributed by atoms with Crippen LogP contribution in [0.4, 0.5) is 0 Å². The zero-order chi connectivity index (χ0) is 29.5. The van der Waals surface area contributed by atoms with Gasteiger partial charge < -0.3 is 9.47 Å². The van der Waals surface area contributed by atoms with Crippen LogP contribution in [0.2, 0.25) is 56.7 Å². The van der Waals surface area contributed by atoms with Crippen molar-refractivity contribution in [2.45, 2.75) is 83.7 Å². The first kappa shape index (κ1) is 30.0. The van der Waals surface area contributed by atoms with Crippen LogP contribution in [0, 0.1) is 0 Å². The summed E-state index contributed by atoms with van der Waals surface area (Å²) in [5.74, 6) is 0.508. The summed E-state index contributed by atoms with van der Waals surface area (Å²) >= 11 is 6.81. The molecule has 10 nitrogen and oxygen atoms in total. The molecular formula is C28H42ClN7O3Si2. The zero-order valence-electron chi connectivity index (χ0n) is 25.3. The van der Waals surface area contributed by atoms with Gasteiger partial charge >= 0.3 is 5.69 Å². The maximum Gasteiger partial charge on any atom is 0.348 e. The summed E-state index contributed by atoms with van der Waals surface area (Å²) in [4.78, 5) is 18.3. The van der Waals surface area contributed by atoms with Crippen LogP contribution in [-0.4, -0.2) is 63.0 Å². The zero-order valence-corrected chi connectivity index (χ0v) is 28.0. The molecule has 3 aromatic heterocycles. The van der Waals surface area contributed by atoms with Crippen LogP contribution in [0.5, 0.6) is 0 Å². The van der Waals surface area contributed by atoms with E-state index in [1.807, 2.05) is 34.6 Å². The summed E-state index contributed by atoms with van der Waals surface area (Å²) in [5, 5.41) is 10.5. The minimum Gasteiger partial charge on any atom is -0.361 e. The Hall–Kier alpha value is -2.52. The van der Waals surface area contributed by atoms with E-state index in [1.54, 1.807) is 4.57 Å². The maximum absolute atomic E-state index is 13.6. The number of rotatable bonds is 13. The standard InChI is InChI=1S/C28H42ClN7O3Si2/c1-33-23-16-20(8-9-21(23)17-30-33)25-24(31-27(29)34(25)18-38-12-14-40(2,3)4)26-32-35(19-39-13-15-41(5,6)7)28(37)36(26)22-10-11-22/h8-9,16-17,22H,10-15,18-19H2,1-7H3. The van der Waals surface area contributed by atoms with Gasteiger partial charge in [-0.05, 0) is 42.6 Å². The molecule has 0 spiro atoms. The smallest absolute Gasteiger partial charge is 0.348 e. The number of aryl methyl sites for hydroxylation is 1. The second kappa shape index (κ2) is 11.6. The van der Waals surface area contributed by atoms with E-state index in [-0.39, 0.29) is 25.2 Å². The van der Waals surface area contributed by atoms with Crippen molar-refractivity contribution in [3.8, 4) is 22.8 Å². The Bertz CT molecular complexity index is 1590. The summed E-state index contributed by atoms with van der Waals surface area (Å²) in [7, 11) is -0.584. The average molecular weight is 616 g/mol. The summed E-state index contributed by atoms with van der Waals surface area (Å²) in [6.45, 7) is 15.5. The number of hydrogen-bond donors (Lipinski definition) is 0. The van der Waals surface area contributed by atoms with Gasteiger partial charge in [-0.25, -0.2) is 9.78 Å². The normalized spacial score (nSPS) is 14.4. The van der Waals surface area contributed by atoms with Gasteiger partial charge in [-0.2, -0.15) is 9.78 Å². The number of ether oxygens (including phenoxy) is 2.